The van der Waals surface area contributed by atoms with Crippen LogP contribution in [0.2, 0.25) is 5.02 Å². The smallest absolute Gasteiger partial charge is 0.248 e. The van der Waals surface area contributed by atoms with Gasteiger partial charge in [-0.05, 0) is 42.5 Å². The number of hydrogen-bond acceptors (Lipinski definition) is 3. The van der Waals surface area contributed by atoms with E-state index in [0.29, 0.717) is 22.8 Å². The van der Waals surface area contributed by atoms with Crippen LogP contribution in [-0.2, 0) is 14.8 Å². The first-order chi connectivity index (χ1) is 13.7. The molecule has 0 fully saturated rings. The molecule has 0 aliphatic carbocycles. The zero-order chi connectivity index (χ0) is 21.2. The van der Waals surface area contributed by atoms with Crippen molar-refractivity contribution < 1.29 is 13.2 Å². The van der Waals surface area contributed by atoms with Gasteiger partial charge in [0.15, 0.2) is 0 Å². The minimum atomic E-state index is -3.73. The number of benzene rings is 3. The summed E-state index contributed by atoms with van der Waals surface area (Å²) in [5.41, 5.74) is 1.76. The fourth-order valence-electron chi connectivity index (χ4n) is 3.41. The standard InChI is InChI=1S/C22H23ClN2O3S/c1-4-20(25(29(3,27)28)21-14-17(23)13-12-15(21)2)22(26)24-19-11-7-9-16-8-5-6-10-18(16)19/h5-14,20H,4H2,1-3H3,(H,24,26)/t20-/m1/s1. The van der Waals surface area contributed by atoms with Crippen molar-refractivity contribution in [2.24, 2.45) is 0 Å². The lowest BCUT2D eigenvalue weighted by molar-refractivity contribution is -0.117. The molecule has 1 amide bonds. The van der Waals surface area contributed by atoms with Gasteiger partial charge >= 0.3 is 0 Å². The van der Waals surface area contributed by atoms with Gasteiger partial charge in [0.2, 0.25) is 15.9 Å². The summed E-state index contributed by atoms with van der Waals surface area (Å²) in [6, 6.07) is 17.4. The van der Waals surface area contributed by atoms with Gasteiger partial charge in [0.25, 0.3) is 0 Å². The lowest BCUT2D eigenvalue weighted by Crippen LogP contribution is -2.47. The number of carbonyl (C=O) groups excluding carboxylic acids is 1. The third kappa shape index (κ3) is 4.54. The average molecular weight is 431 g/mol. The second kappa shape index (κ2) is 8.43. The van der Waals surface area contributed by atoms with E-state index in [9.17, 15) is 13.2 Å². The van der Waals surface area contributed by atoms with E-state index in [0.717, 1.165) is 26.9 Å². The number of aryl methyl sites for hydroxylation is 1. The van der Waals surface area contributed by atoms with Crippen molar-refractivity contribution in [1.82, 2.24) is 0 Å². The summed E-state index contributed by atoms with van der Waals surface area (Å²) in [5, 5.41) is 5.20. The molecular formula is C22H23ClN2O3S. The molecule has 0 bridgehead atoms. The molecule has 7 heteroatoms. The van der Waals surface area contributed by atoms with E-state index < -0.39 is 22.0 Å². The molecule has 0 spiro atoms. The summed E-state index contributed by atoms with van der Waals surface area (Å²) < 4.78 is 26.5. The number of nitrogens with zero attached hydrogens (tertiary/aromatic N) is 1. The van der Waals surface area contributed by atoms with Crippen LogP contribution in [-0.4, -0.2) is 26.6 Å². The molecule has 1 atom stereocenters. The number of anilines is 2. The van der Waals surface area contributed by atoms with Gasteiger partial charge in [-0.15, -0.1) is 0 Å². The first-order valence-electron chi connectivity index (χ1n) is 9.26. The van der Waals surface area contributed by atoms with Gasteiger partial charge in [0, 0.05) is 16.1 Å². The van der Waals surface area contributed by atoms with Gasteiger partial charge in [-0.1, -0.05) is 61.0 Å². The molecule has 0 aliphatic rings. The quantitative estimate of drug-likeness (QED) is 0.599. The maximum Gasteiger partial charge on any atom is 0.248 e. The molecule has 1 N–H and O–H groups in total. The summed E-state index contributed by atoms with van der Waals surface area (Å²) in [5.74, 6) is -0.395. The number of sulfonamides is 1. The van der Waals surface area contributed by atoms with Crippen molar-refractivity contribution in [1.29, 1.82) is 0 Å². The van der Waals surface area contributed by atoms with Crippen molar-refractivity contribution in [3.8, 4) is 0 Å². The lowest BCUT2D eigenvalue weighted by atomic mass is 10.1. The Morgan fingerprint density at radius 2 is 1.79 bits per heavy atom. The van der Waals surface area contributed by atoms with E-state index >= 15 is 0 Å². The molecule has 0 saturated heterocycles. The fourth-order valence-corrected chi connectivity index (χ4v) is 4.83. The largest absolute Gasteiger partial charge is 0.324 e. The van der Waals surface area contributed by atoms with Gasteiger partial charge in [-0.2, -0.15) is 0 Å². The minimum absolute atomic E-state index is 0.301. The molecular weight excluding hydrogens is 408 g/mol. The zero-order valence-corrected chi connectivity index (χ0v) is 18.1. The highest BCUT2D eigenvalue weighted by atomic mass is 35.5. The number of nitrogens with one attached hydrogen (secondary N) is 1. The predicted molar refractivity (Wildman–Crippen MR) is 120 cm³/mol. The maximum absolute atomic E-state index is 13.2. The molecule has 3 rings (SSSR count). The Hall–Kier alpha value is -2.57. The number of rotatable bonds is 6. The van der Waals surface area contributed by atoms with Crippen molar-refractivity contribution in [3.05, 3.63) is 71.2 Å². The van der Waals surface area contributed by atoms with E-state index in [2.05, 4.69) is 5.32 Å². The van der Waals surface area contributed by atoms with Crippen molar-refractivity contribution in [3.63, 3.8) is 0 Å². The van der Waals surface area contributed by atoms with Crippen LogP contribution in [0.4, 0.5) is 11.4 Å². The Morgan fingerprint density at radius 1 is 1.10 bits per heavy atom. The number of fused-ring (bicyclic) bond motifs is 1. The van der Waals surface area contributed by atoms with Gasteiger partial charge in [0.1, 0.15) is 6.04 Å². The Bertz CT molecular complexity index is 1160. The lowest BCUT2D eigenvalue weighted by Gasteiger charge is -2.31. The monoisotopic (exact) mass is 430 g/mol. The fraction of sp³-hybridized carbons (Fsp3) is 0.227. The highest BCUT2D eigenvalue weighted by Gasteiger charge is 2.32. The van der Waals surface area contributed by atoms with Crippen LogP contribution in [0.15, 0.2) is 60.7 Å². The normalized spacial score (nSPS) is 12.6. The first kappa shape index (κ1) is 21.1. The Labute approximate surface area is 176 Å². The van der Waals surface area contributed by atoms with Crippen LogP contribution in [0.25, 0.3) is 10.8 Å². The van der Waals surface area contributed by atoms with Crippen molar-refractivity contribution in [2.45, 2.75) is 26.3 Å². The number of carbonyl (C=O) groups is 1. The van der Waals surface area contributed by atoms with Gasteiger partial charge in [-0.3, -0.25) is 9.10 Å². The first-order valence-corrected chi connectivity index (χ1v) is 11.5. The van der Waals surface area contributed by atoms with Crippen LogP contribution in [0.3, 0.4) is 0 Å². The summed E-state index contributed by atoms with van der Waals surface area (Å²) in [6.45, 7) is 3.57. The van der Waals surface area contributed by atoms with E-state index in [-0.39, 0.29) is 0 Å². The summed E-state index contributed by atoms with van der Waals surface area (Å²) in [7, 11) is -3.73. The number of halogens is 1. The molecule has 0 aliphatic heterocycles. The summed E-state index contributed by atoms with van der Waals surface area (Å²) in [6.07, 6.45) is 1.40. The second-order valence-electron chi connectivity index (χ2n) is 6.93. The van der Waals surface area contributed by atoms with Crippen molar-refractivity contribution >= 4 is 49.7 Å². The van der Waals surface area contributed by atoms with Gasteiger partial charge in [-0.25, -0.2) is 8.42 Å². The van der Waals surface area contributed by atoms with Crippen LogP contribution < -0.4 is 9.62 Å². The summed E-state index contributed by atoms with van der Waals surface area (Å²) >= 11 is 6.11. The number of amides is 1. The molecule has 0 unspecified atom stereocenters. The average Bonchev–Trinajstić information content (AvgIpc) is 2.67. The summed E-state index contributed by atoms with van der Waals surface area (Å²) in [4.78, 5) is 13.2. The van der Waals surface area contributed by atoms with E-state index in [1.807, 2.05) is 42.5 Å². The molecule has 0 aromatic heterocycles. The van der Waals surface area contributed by atoms with Gasteiger partial charge < -0.3 is 5.32 Å². The molecule has 0 radical (unpaired) electrons. The molecule has 0 saturated carbocycles. The third-order valence-electron chi connectivity index (χ3n) is 4.79. The van der Waals surface area contributed by atoms with E-state index in [4.69, 9.17) is 11.6 Å². The van der Waals surface area contributed by atoms with Gasteiger partial charge in [0.05, 0.1) is 11.9 Å². The maximum atomic E-state index is 13.2. The highest BCUT2D eigenvalue weighted by molar-refractivity contribution is 7.92. The molecule has 5 nitrogen and oxygen atoms in total. The topological polar surface area (TPSA) is 66.5 Å². The van der Waals surface area contributed by atoms with E-state index in [1.54, 1.807) is 32.0 Å². The van der Waals surface area contributed by atoms with Crippen LogP contribution >= 0.6 is 11.6 Å². The Balaban J connectivity index is 2.03. The van der Waals surface area contributed by atoms with Crippen LogP contribution in [0, 0.1) is 6.92 Å². The highest BCUT2D eigenvalue weighted by Crippen LogP contribution is 2.30. The Morgan fingerprint density at radius 3 is 2.48 bits per heavy atom. The molecule has 3 aromatic rings. The SMILES string of the molecule is CC[C@H](C(=O)Nc1cccc2ccccc12)N(c1cc(Cl)ccc1C)S(C)(=O)=O. The number of hydrogen-bond donors (Lipinski definition) is 1. The second-order valence-corrected chi connectivity index (χ2v) is 9.23. The molecule has 3 aromatic carbocycles. The predicted octanol–water partition coefficient (Wildman–Crippen LogP) is 4.98. The molecule has 152 valence electrons. The molecule has 29 heavy (non-hydrogen) atoms. The van der Waals surface area contributed by atoms with Crippen LogP contribution in [0.1, 0.15) is 18.9 Å². The van der Waals surface area contributed by atoms with E-state index in [1.165, 1.54) is 0 Å². The zero-order valence-electron chi connectivity index (χ0n) is 16.5. The Kier molecular flexibility index (Phi) is 6.15. The van der Waals surface area contributed by atoms with Crippen molar-refractivity contribution in [2.75, 3.05) is 15.9 Å². The third-order valence-corrected chi connectivity index (χ3v) is 6.19. The molecule has 0 heterocycles. The van der Waals surface area contributed by atoms with Crippen LogP contribution in [0.5, 0.6) is 0 Å². The minimum Gasteiger partial charge on any atom is -0.324 e.